The molecule has 1 aliphatic heterocycles. The van der Waals surface area contributed by atoms with E-state index >= 15 is 0 Å². The quantitative estimate of drug-likeness (QED) is 0.801. The average Bonchev–Trinajstić information content (AvgIpc) is 2.69. The third-order valence-electron chi connectivity index (χ3n) is 5.06. The monoisotopic (exact) mass is 355 g/mol. The Morgan fingerprint density at radius 2 is 1.73 bits per heavy atom. The van der Waals surface area contributed by atoms with E-state index in [4.69, 9.17) is 9.47 Å². The lowest BCUT2D eigenvalue weighted by molar-refractivity contribution is -0.115. The highest BCUT2D eigenvalue weighted by molar-refractivity contribution is 5.59. The summed E-state index contributed by atoms with van der Waals surface area (Å²) in [4.78, 5) is 14.0. The average molecular weight is 355 g/mol. The van der Waals surface area contributed by atoms with Crippen LogP contribution in [0.1, 0.15) is 36.4 Å². The lowest BCUT2D eigenvalue weighted by Crippen LogP contribution is -2.42. The molecule has 0 amide bonds. The number of carbonyl (C=O) groups is 1. The standard InChI is InChI=1S/C21H25NO4/c1-25-19-7-4-8-20(26-2)21(19)18-6-3-5-16(14-23)22(18)13-15-9-11-17(24)12-10-15/h4,7-12,14,16,18,24H,3,5-6,13H2,1-2H3. The van der Waals surface area contributed by atoms with Gasteiger partial charge in [0.05, 0.1) is 25.8 Å². The van der Waals surface area contributed by atoms with Gasteiger partial charge in [-0.15, -0.1) is 0 Å². The fraction of sp³-hybridized carbons (Fsp3) is 0.381. The summed E-state index contributed by atoms with van der Waals surface area (Å²) in [5.74, 6) is 1.79. The van der Waals surface area contributed by atoms with Crippen molar-refractivity contribution in [3.8, 4) is 17.2 Å². The SMILES string of the molecule is COc1cccc(OC)c1C1CCCC(C=O)N1Cc1ccc(O)cc1. The zero-order chi connectivity index (χ0) is 18.5. The van der Waals surface area contributed by atoms with Crippen LogP contribution in [0, 0.1) is 0 Å². The van der Waals surface area contributed by atoms with E-state index in [1.165, 1.54) is 0 Å². The van der Waals surface area contributed by atoms with Gasteiger partial charge >= 0.3 is 0 Å². The first kappa shape index (κ1) is 18.3. The van der Waals surface area contributed by atoms with Crippen molar-refractivity contribution in [3.63, 3.8) is 0 Å². The van der Waals surface area contributed by atoms with E-state index in [1.54, 1.807) is 26.4 Å². The molecule has 1 fully saturated rings. The molecule has 0 aliphatic carbocycles. The minimum Gasteiger partial charge on any atom is -0.508 e. The van der Waals surface area contributed by atoms with Crippen LogP contribution in [-0.2, 0) is 11.3 Å². The van der Waals surface area contributed by atoms with Gasteiger partial charge in [-0.2, -0.15) is 0 Å². The van der Waals surface area contributed by atoms with Gasteiger partial charge in [0.15, 0.2) is 0 Å². The van der Waals surface area contributed by atoms with Gasteiger partial charge in [0.1, 0.15) is 23.5 Å². The number of nitrogens with zero attached hydrogens (tertiary/aromatic N) is 1. The van der Waals surface area contributed by atoms with Crippen LogP contribution in [0.25, 0.3) is 0 Å². The van der Waals surface area contributed by atoms with E-state index in [-0.39, 0.29) is 17.8 Å². The first-order chi connectivity index (χ1) is 12.7. The molecule has 5 nitrogen and oxygen atoms in total. The summed E-state index contributed by atoms with van der Waals surface area (Å²) >= 11 is 0. The van der Waals surface area contributed by atoms with Gasteiger partial charge in [0.25, 0.3) is 0 Å². The third kappa shape index (κ3) is 3.68. The number of ether oxygens (including phenoxy) is 2. The molecular formula is C21H25NO4. The zero-order valence-corrected chi connectivity index (χ0v) is 15.2. The van der Waals surface area contributed by atoms with Gasteiger partial charge in [0.2, 0.25) is 0 Å². The Kier molecular flexibility index (Phi) is 5.78. The van der Waals surface area contributed by atoms with Crippen molar-refractivity contribution >= 4 is 6.29 Å². The molecule has 0 aromatic heterocycles. The zero-order valence-electron chi connectivity index (χ0n) is 15.2. The van der Waals surface area contributed by atoms with Crippen molar-refractivity contribution in [2.75, 3.05) is 14.2 Å². The highest BCUT2D eigenvalue weighted by atomic mass is 16.5. The Morgan fingerprint density at radius 3 is 2.31 bits per heavy atom. The molecule has 0 saturated carbocycles. The predicted octanol–water partition coefficient (Wildman–Crippen LogP) is 3.70. The first-order valence-corrected chi connectivity index (χ1v) is 8.87. The largest absolute Gasteiger partial charge is 0.508 e. The number of hydrogen-bond donors (Lipinski definition) is 1. The summed E-state index contributed by atoms with van der Waals surface area (Å²) in [7, 11) is 3.31. The van der Waals surface area contributed by atoms with E-state index in [0.717, 1.165) is 48.2 Å². The smallest absolute Gasteiger partial charge is 0.137 e. The summed E-state index contributed by atoms with van der Waals surface area (Å²) in [6, 6.07) is 12.8. The van der Waals surface area contributed by atoms with Gasteiger partial charge in [-0.25, -0.2) is 0 Å². The Bertz CT molecular complexity index is 722. The van der Waals surface area contributed by atoms with Gasteiger partial charge < -0.3 is 19.4 Å². The van der Waals surface area contributed by atoms with Gasteiger partial charge in [-0.05, 0) is 49.1 Å². The van der Waals surface area contributed by atoms with Crippen LogP contribution in [-0.4, -0.2) is 36.6 Å². The highest BCUT2D eigenvalue weighted by Crippen LogP contribution is 2.43. The molecule has 2 aromatic carbocycles. The molecule has 1 heterocycles. The molecule has 0 bridgehead atoms. The summed E-state index contributed by atoms with van der Waals surface area (Å²) < 4.78 is 11.2. The first-order valence-electron chi connectivity index (χ1n) is 8.87. The molecule has 26 heavy (non-hydrogen) atoms. The normalized spacial score (nSPS) is 20.5. The van der Waals surface area contributed by atoms with Crippen LogP contribution in [0.15, 0.2) is 42.5 Å². The van der Waals surface area contributed by atoms with Crippen molar-refractivity contribution < 1.29 is 19.4 Å². The van der Waals surface area contributed by atoms with Crippen molar-refractivity contribution in [1.29, 1.82) is 0 Å². The molecule has 1 saturated heterocycles. The summed E-state index contributed by atoms with van der Waals surface area (Å²) in [5, 5.41) is 9.52. The van der Waals surface area contributed by atoms with Crippen LogP contribution in [0.3, 0.4) is 0 Å². The van der Waals surface area contributed by atoms with Crippen LogP contribution in [0.5, 0.6) is 17.2 Å². The maximum absolute atomic E-state index is 11.8. The molecule has 2 aromatic rings. The van der Waals surface area contributed by atoms with Crippen LogP contribution >= 0.6 is 0 Å². The second-order valence-electron chi connectivity index (χ2n) is 6.57. The van der Waals surface area contributed by atoms with E-state index in [0.29, 0.717) is 6.54 Å². The Morgan fingerprint density at radius 1 is 1.08 bits per heavy atom. The molecular weight excluding hydrogens is 330 g/mol. The fourth-order valence-corrected chi connectivity index (χ4v) is 3.79. The molecule has 5 heteroatoms. The molecule has 1 N–H and O–H groups in total. The maximum atomic E-state index is 11.8. The number of hydrogen-bond acceptors (Lipinski definition) is 5. The molecule has 0 spiro atoms. The molecule has 2 atom stereocenters. The number of carbonyl (C=O) groups excluding carboxylic acids is 1. The van der Waals surface area contributed by atoms with E-state index in [9.17, 15) is 9.90 Å². The third-order valence-corrected chi connectivity index (χ3v) is 5.06. The summed E-state index contributed by atoms with van der Waals surface area (Å²) in [5.41, 5.74) is 2.04. The molecule has 2 unspecified atom stereocenters. The lowest BCUT2D eigenvalue weighted by Gasteiger charge is -2.41. The Labute approximate surface area is 154 Å². The fourth-order valence-electron chi connectivity index (χ4n) is 3.79. The van der Waals surface area contributed by atoms with Gasteiger partial charge in [-0.3, -0.25) is 4.90 Å². The summed E-state index contributed by atoms with van der Waals surface area (Å²) in [6.07, 6.45) is 3.78. The van der Waals surface area contributed by atoms with Crippen molar-refractivity contribution in [3.05, 3.63) is 53.6 Å². The van der Waals surface area contributed by atoms with Gasteiger partial charge in [-0.1, -0.05) is 18.2 Å². The number of phenolic OH excluding ortho intramolecular Hbond substituents is 1. The number of phenols is 1. The number of aldehydes is 1. The minimum atomic E-state index is -0.155. The number of piperidine rings is 1. The van der Waals surface area contributed by atoms with Crippen LogP contribution in [0.2, 0.25) is 0 Å². The van der Waals surface area contributed by atoms with E-state index in [2.05, 4.69) is 4.90 Å². The molecule has 138 valence electrons. The number of likely N-dealkylation sites (tertiary alicyclic amines) is 1. The van der Waals surface area contributed by atoms with Crippen LogP contribution < -0.4 is 9.47 Å². The second-order valence-corrected chi connectivity index (χ2v) is 6.57. The number of methoxy groups -OCH3 is 2. The van der Waals surface area contributed by atoms with Crippen molar-refractivity contribution in [1.82, 2.24) is 4.90 Å². The number of rotatable bonds is 6. The Balaban J connectivity index is 2.00. The maximum Gasteiger partial charge on any atom is 0.137 e. The molecule has 0 radical (unpaired) electrons. The highest BCUT2D eigenvalue weighted by Gasteiger charge is 2.34. The van der Waals surface area contributed by atoms with Gasteiger partial charge in [0, 0.05) is 12.6 Å². The summed E-state index contributed by atoms with van der Waals surface area (Å²) in [6.45, 7) is 0.621. The van der Waals surface area contributed by atoms with E-state index in [1.807, 2.05) is 30.3 Å². The Hall–Kier alpha value is -2.53. The van der Waals surface area contributed by atoms with Crippen molar-refractivity contribution in [2.24, 2.45) is 0 Å². The molecule has 3 rings (SSSR count). The van der Waals surface area contributed by atoms with E-state index < -0.39 is 0 Å². The molecule has 1 aliphatic rings. The van der Waals surface area contributed by atoms with Crippen LogP contribution in [0.4, 0.5) is 0 Å². The predicted molar refractivity (Wildman–Crippen MR) is 99.6 cm³/mol. The number of benzene rings is 2. The van der Waals surface area contributed by atoms with Crippen molar-refractivity contribution in [2.45, 2.75) is 37.9 Å². The number of aromatic hydroxyl groups is 1. The lowest BCUT2D eigenvalue weighted by atomic mass is 9.89. The second kappa shape index (κ2) is 8.23. The minimum absolute atomic E-state index is 0.0267. The topological polar surface area (TPSA) is 59.0 Å².